The van der Waals surface area contributed by atoms with E-state index in [9.17, 15) is 10.1 Å². The van der Waals surface area contributed by atoms with Crippen molar-refractivity contribution in [2.24, 2.45) is 0 Å². The normalized spacial score (nSPS) is 10.2. The van der Waals surface area contributed by atoms with Gasteiger partial charge in [0.2, 0.25) is 0 Å². The van der Waals surface area contributed by atoms with Crippen molar-refractivity contribution in [1.82, 2.24) is 5.32 Å². The zero-order chi connectivity index (χ0) is 14.6. The molecule has 0 saturated carbocycles. The molecule has 0 heterocycles. The van der Waals surface area contributed by atoms with Crippen LogP contribution in [0.25, 0.3) is 0 Å². The summed E-state index contributed by atoms with van der Waals surface area (Å²) >= 11 is 0. The highest BCUT2D eigenvalue weighted by molar-refractivity contribution is 5.35. The summed E-state index contributed by atoms with van der Waals surface area (Å²) in [4.78, 5) is 10.0. The van der Waals surface area contributed by atoms with E-state index in [2.05, 4.69) is 11.9 Å². The van der Waals surface area contributed by atoms with Gasteiger partial charge in [-0.1, -0.05) is 6.08 Å². The first-order valence-electron chi connectivity index (χ1n) is 6.50. The standard InChI is InChI=1S/C14H20N2O4/c1-2-3-10-19-11-8-15-9-12-20-14-6-4-13(5-7-14)16(17)18/h2,4-7,15H,1,3,8-12H2. The summed E-state index contributed by atoms with van der Waals surface area (Å²) in [6.07, 6.45) is 2.69. The number of rotatable bonds is 11. The van der Waals surface area contributed by atoms with Gasteiger partial charge < -0.3 is 14.8 Å². The van der Waals surface area contributed by atoms with E-state index in [4.69, 9.17) is 9.47 Å². The van der Waals surface area contributed by atoms with Gasteiger partial charge in [0.25, 0.3) is 5.69 Å². The maximum Gasteiger partial charge on any atom is 0.269 e. The van der Waals surface area contributed by atoms with E-state index >= 15 is 0 Å². The Kier molecular flexibility index (Phi) is 8.02. The van der Waals surface area contributed by atoms with Crippen LogP contribution in [0.3, 0.4) is 0 Å². The highest BCUT2D eigenvalue weighted by Crippen LogP contribution is 2.16. The van der Waals surface area contributed by atoms with E-state index in [1.54, 1.807) is 12.1 Å². The molecule has 0 amide bonds. The molecule has 6 heteroatoms. The zero-order valence-electron chi connectivity index (χ0n) is 11.4. The summed E-state index contributed by atoms with van der Waals surface area (Å²) in [5.74, 6) is 0.625. The Bertz CT molecular complexity index is 406. The lowest BCUT2D eigenvalue weighted by Crippen LogP contribution is -2.25. The van der Waals surface area contributed by atoms with E-state index < -0.39 is 4.92 Å². The Balaban J connectivity index is 2.03. The zero-order valence-corrected chi connectivity index (χ0v) is 11.4. The molecule has 6 nitrogen and oxygen atoms in total. The molecular formula is C14H20N2O4. The van der Waals surface area contributed by atoms with E-state index in [-0.39, 0.29) is 5.69 Å². The average molecular weight is 280 g/mol. The van der Waals surface area contributed by atoms with E-state index in [0.29, 0.717) is 32.1 Å². The number of benzene rings is 1. The molecule has 0 unspecified atom stereocenters. The minimum atomic E-state index is -0.433. The van der Waals surface area contributed by atoms with Crippen LogP contribution in [0.1, 0.15) is 6.42 Å². The highest BCUT2D eigenvalue weighted by Gasteiger charge is 2.03. The number of ether oxygens (including phenoxy) is 2. The molecule has 0 bridgehead atoms. The Hall–Kier alpha value is -1.92. The second kappa shape index (κ2) is 9.94. The molecule has 1 N–H and O–H groups in total. The van der Waals surface area contributed by atoms with Gasteiger partial charge in [0.15, 0.2) is 0 Å². The molecule has 0 saturated heterocycles. The van der Waals surface area contributed by atoms with Crippen LogP contribution in [0.4, 0.5) is 5.69 Å². The third-order valence-electron chi connectivity index (χ3n) is 2.48. The first-order valence-corrected chi connectivity index (χ1v) is 6.50. The van der Waals surface area contributed by atoms with Gasteiger partial charge in [-0.3, -0.25) is 10.1 Å². The van der Waals surface area contributed by atoms with Crippen LogP contribution in [0.15, 0.2) is 36.9 Å². The minimum absolute atomic E-state index is 0.0622. The van der Waals surface area contributed by atoms with Crippen molar-refractivity contribution in [3.8, 4) is 5.75 Å². The Morgan fingerprint density at radius 3 is 2.55 bits per heavy atom. The van der Waals surface area contributed by atoms with Gasteiger partial charge in [0.05, 0.1) is 18.1 Å². The molecule has 0 radical (unpaired) electrons. The fraction of sp³-hybridized carbons (Fsp3) is 0.429. The van der Waals surface area contributed by atoms with Gasteiger partial charge in [0.1, 0.15) is 12.4 Å². The molecule has 1 rings (SSSR count). The lowest BCUT2D eigenvalue weighted by atomic mass is 10.3. The minimum Gasteiger partial charge on any atom is -0.492 e. The number of nitrogens with zero attached hydrogens (tertiary/aromatic N) is 1. The van der Waals surface area contributed by atoms with Crippen molar-refractivity contribution in [3.05, 3.63) is 47.0 Å². The van der Waals surface area contributed by atoms with Gasteiger partial charge in [-0.2, -0.15) is 0 Å². The predicted molar refractivity (Wildman–Crippen MR) is 77.1 cm³/mol. The molecule has 0 aliphatic rings. The summed E-state index contributed by atoms with van der Waals surface area (Å²) in [6.45, 7) is 6.94. The number of hydrogen-bond donors (Lipinski definition) is 1. The van der Waals surface area contributed by atoms with Crippen molar-refractivity contribution >= 4 is 5.69 Å². The predicted octanol–water partition coefficient (Wildman–Crippen LogP) is 2.16. The number of hydrogen-bond acceptors (Lipinski definition) is 5. The lowest BCUT2D eigenvalue weighted by Gasteiger charge is -2.07. The van der Waals surface area contributed by atoms with Crippen molar-refractivity contribution in [1.29, 1.82) is 0 Å². The quantitative estimate of drug-likeness (QED) is 0.291. The molecule has 0 aliphatic heterocycles. The van der Waals surface area contributed by atoms with Crippen LogP contribution in [0.5, 0.6) is 5.75 Å². The summed E-state index contributed by atoms with van der Waals surface area (Å²) in [6, 6.07) is 6.04. The Morgan fingerprint density at radius 1 is 1.20 bits per heavy atom. The van der Waals surface area contributed by atoms with Crippen LogP contribution < -0.4 is 10.1 Å². The topological polar surface area (TPSA) is 73.6 Å². The Morgan fingerprint density at radius 2 is 1.90 bits per heavy atom. The molecule has 0 aromatic heterocycles. The first-order chi connectivity index (χ1) is 9.74. The summed E-state index contributed by atoms with van der Waals surface area (Å²) in [5.41, 5.74) is 0.0622. The van der Waals surface area contributed by atoms with E-state index in [1.807, 2.05) is 6.08 Å². The van der Waals surface area contributed by atoms with Crippen LogP contribution in [0.2, 0.25) is 0 Å². The van der Waals surface area contributed by atoms with Gasteiger partial charge in [-0.05, 0) is 18.6 Å². The number of non-ortho nitro benzene ring substituents is 1. The summed E-state index contributed by atoms with van der Waals surface area (Å²) in [5, 5.41) is 13.7. The second-order valence-corrected chi connectivity index (χ2v) is 4.04. The molecule has 20 heavy (non-hydrogen) atoms. The summed E-state index contributed by atoms with van der Waals surface area (Å²) < 4.78 is 10.8. The molecular weight excluding hydrogens is 260 g/mol. The third kappa shape index (κ3) is 6.86. The average Bonchev–Trinajstić information content (AvgIpc) is 2.46. The van der Waals surface area contributed by atoms with Gasteiger partial charge in [0, 0.05) is 25.2 Å². The number of nitrogens with one attached hydrogen (secondary N) is 1. The second-order valence-electron chi connectivity index (χ2n) is 4.04. The van der Waals surface area contributed by atoms with Crippen molar-refractivity contribution in [2.75, 3.05) is 32.9 Å². The molecule has 1 aromatic carbocycles. The molecule has 110 valence electrons. The SMILES string of the molecule is C=CCCOCCNCCOc1ccc([N+](=O)[O-])cc1. The fourth-order valence-electron chi connectivity index (χ4n) is 1.44. The van der Waals surface area contributed by atoms with Crippen LogP contribution in [-0.4, -0.2) is 37.8 Å². The number of nitro groups is 1. The van der Waals surface area contributed by atoms with Gasteiger partial charge in [-0.15, -0.1) is 6.58 Å². The van der Waals surface area contributed by atoms with Crippen molar-refractivity contribution in [2.45, 2.75) is 6.42 Å². The smallest absolute Gasteiger partial charge is 0.269 e. The largest absolute Gasteiger partial charge is 0.492 e. The fourth-order valence-corrected chi connectivity index (χ4v) is 1.44. The van der Waals surface area contributed by atoms with E-state index in [0.717, 1.165) is 13.0 Å². The first kappa shape index (κ1) is 16.1. The highest BCUT2D eigenvalue weighted by atomic mass is 16.6. The van der Waals surface area contributed by atoms with Crippen LogP contribution in [0, 0.1) is 10.1 Å². The van der Waals surface area contributed by atoms with Crippen LogP contribution >= 0.6 is 0 Å². The monoisotopic (exact) mass is 280 g/mol. The maximum atomic E-state index is 10.5. The molecule has 0 atom stereocenters. The van der Waals surface area contributed by atoms with Crippen LogP contribution in [-0.2, 0) is 4.74 Å². The molecule has 0 spiro atoms. The molecule has 0 aliphatic carbocycles. The third-order valence-corrected chi connectivity index (χ3v) is 2.48. The van der Waals surface area contributed by atoms with Crippen molar-refractivity contribution in [3.63, 3.8) is 0 Å². The van der Waals surface area contributed by atoms with Gasteiger partial charge >= 0.3 is 0 Å². The van der Waals surface area contributed by atoms with E-state index in [1.165, 1.54) is 12.1 Å². The maximum absolute atomic E-state index is 10.5. The Labute approximate surface area is 118 Å². The number of nitro benzene ring substituents is 1. The van der Waals surface area contributed by atoms with Gasteiger partial charge in [-0.25, -0.2) is 0 Å². The molecule has 1 aromatic rings. The summed E-state index contributed by atoms with van der Waals surface area (Å²) in [7, 11) is 0. The van der Waals surface area contributed by atoms with Crippen molar-refractivity contribution < 1.29 is 14.4 Å². The lowest BCUT2D eigenvalue weighted by molar-refractivity contribution is -0.384. The molecule has 0 fully saturated rings.